The normalized spacial score (nSPS) is 30.5. The van der Waals surface area contributed by atoms with Gasteiger partial charge in [0.25, 0.3) is 0 Å². The molecule has 0 N–H and O–H groups in total. The summed E-state index contributed by atoms with van der Waals surface area (Å²) in [6.07, 6.45) is 7.13. The minimum atomic E-state index is -0.814. The van der Waals surface area contributed by atoms with Gasteiger partial charge in [-0.1, -0.05) is 25.8 Å². The smallest absolute Gasteiger partial charge is 0.200 e. The van der Waals surface area contributed by atoms with Crippen molar-refractivity contribution in [2.24, 2.45) is 17.8 Å². The van der Waals surface area contributed by atoms with E-state index in [2.05, 4.69) is 6.92 Å². The molecule has 122 valence electrons. The van der Waals surface area contributed by atoms with Gasteiger partial charge in [-0.05, 0) is 67.9 Å². The van der Waals surface area contributed by atoms with E-state index in [1.54, 1.807) is 19.1 Å². The summed E-state index contributed by atoms with van der Waals surface area (Å²) < 4.78 is 33.8. The highest BCUT2D eigenvalue weighted by Crippen LogP contribution is 2.56. The largest absolute Gasteiger partial charge is 0.491 e. The molecule has 2 aliphatic rings. The number of ether oxygens (including phenoxy) is 1. The van der Waals surface area contributed by atoms with Crippen LogP contribution in [-0.4, -0.2) is 6.61 Å². The third kappa shape index (κ3) is 2.63. The first-order valence-corrected chi connectivity index (χ1v) is 8.78. The highest BCUT2D eigenvalue weighted by atomic mass is 19.2. The summed E-state index contributed by atoms with van der Waals surface area (Å²) in [6.45, 7) is 4.36. The van der Waals surface area contributed by atoms with E-state index in [-0.39, 0.29) is 11.7 Å². The molecule has 2 saturated carbocycles. The quantitative estimate of drug-likeness (QED) is 0.679. The van der Waals surface area contributed by atoms with Gasteiger partial charge < -0.3 is 4.74 Å². The Morgan fingerprint density at radius 2 is 1.77 bits per heavy atom. The highest BCUT2D eigenvalue weighted by molar-refractivity contribution is 5.34. The first-order valence-electron chi connectivity index (χ1n) is 8.78. The van der Waals surface area contributed by atoms with E-state index in [0.717, 1.165) is 18.3 Å². The topological polar surface area (TPSA) is 9.23 Å². The van der Waals surface area contributed by atoms with Gasteiger partial charge in [0.15, 0.2) is 11.6 Å². The fraction of sp³-hybridized carbons (Fsp3) is 0.684. The molecule has 2 aliphatic carbocycles. The van der Waals surface area contributed by atoms with Crippen LogP contribution in [0.1, 0.15) is 63.9 Å². The summed E-state index contributed by atoms with van der Waals surface area (Å²) in [6, 6.07) is 3.35. The molecule has 2 fully saturated rings. The van der Waals surface area contributed by atoms with Gasteiger partial charge in [0, 0.05) is 0 Å². The monoisotopic (exact) mass is 308 g/mol. The first kappa shape index (κ1) is 15.8. The minimum absolute atomic E-state index is 0.0357. The van der Waals surface area contributed by atoms with Crippen molar-refractivity contribution in [3.63, 3.8) is 0 Å². The van der Waals surface area contributed by atoms with Crippen LogP contribution in [-0.2, 0) is 0 Å². The number of fused-ring (bicyclic) bond motifs is 1. The van der Waals surface area contributed by atoms with Crippen molar-refractivity contribution in [2.75, 3.05) is 6.61 Å². The van der Waals surface area contributed by atoms with Gasteiger partial charge in [-0.15, -0.1) is 0 Å². The van der Waals surface area contributed by atoms with Crippen LogP contribution in [0.3, 0.4) is 0 Å². The zero-order valence-electron chi connectivity index (χ0n) is 13.6. The Labute approximate surface area is 132 Å². The van der Waals surface area contributed by atoms with Crippen LogP contribution >= 0.6 is 0 Å². The summed E-state index contributed by atoms with van der Waals surface area (Å²) in [5, 5.41) is 0. The van der Waals surface area contributed by atoms with Crippen molar-refractivity contribution in [3.05, 3.63) is 29.3 Å². The summed E-state index contributed by atoms with van der Waals surface area (Å²) in [4.78, 5) is 0. The number of halogens is 2. The van der Waals surface area contributed by atoms with Crippen molar-refractivity contribution in [1.82, 2.24) is 0 Å². The standard InChI is InChI=1S/C19H26F2O/c1-3-5-12-6-7-14-13(12)8-9-15(14)16-10-11-17(22-4-2)19(21)18(16)20/h10-15H,3-9H2,1-2H3/t12-,13-,14+,15+/m0/s1. The van der Waals surface area contributed by atoms with Crippen molar-refractivity contribution in [1.29, 1.82) is 0 Å². The molecule has 0 saturated heterocycles. The van der Waals surface area contributed by atoms with Crippen LogP contribution in [0.4, 0.5) is 8.78 Å². The van der Waals surface area contributed by atoms with Crippen LogP contribution in [0.5, 0.6) is 5.75 Å². The molecule has 0 aromatic heterocycles. The zero-order valence-corrected chi connectivity index (χ0v) is 13.6. The van der Waals surface area contributed by atoms with Gasteiger partial charge in [0.05, 0.1) is 6.61 Å². The lowest BCUT2D eigenvalue weighted by Gasteiger charge is -2.22. The maximum atomic E-state index is 14.5. The molecule has 0 amide bonds. The third-order valence-electron chi connectivity index (χ3n) is 5.79. The summed E-state index contributed by atoms with van der Waals surface area (Å²) in [5.74, 6) is 0.796. The van der Waals surface area contributed by atoms with E-state index in [0.29, 0.717) is 18.1 Å². The van der Waals surface area contributed by atoms with Gasteiger partial charge in [-0.2, -0.15) is 4.39 Å². The van der Waals surface area contributed by atoms with Crippen molar-refractivity contribution in [3.8, 4) is 5.75 Å². The molecule has 3 rings (SSSR count). The highest BCUT2D eigenvalue weighted by Gasteiger charge is 2.45. The van der Waals surface area contributed by atoms with Gasteiger partial charge in [-0.25, -0.2) is 4.39 Å². The van der Waals surface area contributed by atoms with Crippen molar-refractivity contribution in [2.45, 2.75) is 58.3 Å². The Morgan fingerprint density at radius 1 is 1.00 bits per heavy atom. The Kier molecular flexibility index (Phi) is 4.70. The summed E-state index contributed by atoms with van der Waals surface area (Å²) in [5.41, 5.74) is 0.575. The Balaban J connectivity index is 1.82. The van der Waals surface area contributed by atoms with Gasteiger partial charge in [0.1, 0.15) is 0 Å². The van der Waals surface area contributed by atoms with E-state index in [1.165, 1.54) is 32.1 Å². The molecule has 1 aromatic carbocycles. The lowest BCUT2D eigenvalue weighted by molar-refractivity contribution is 0.308. The fourth-order valence-electron chi connectivity index (χ4n) is 4.94. The second-order valence-electron chi connectivity index (χ2n) is 6.85. The molecule has 4 atom stereocenters. The van der Waals surface area contributed by atoms with Crippen LogP contribution in [0.25, 0.3) is 0 Å². The molecular formula is C19H26F2O. The molecule has 0 aliphatic heterocycles. The van der Waals surface area contributed by atoms with Crippen LogP contribution in [0.2, 0.25) is 0 Å². The molecule has 0 unspecified atom stereocenters. The molecule has 1 nitrogen and oxygen atoms in total. The molecule has 1 aromatic rings. The maximum absolute atomic E-state index is 14.5. The van der Waals surface area contributed by atoms with Crippen LogP contribution in [0, 0.1) is 29.4 Å². The Bertz CT molecular complexity index is 528. The van der Waals surface area contributed by atoms with Crippen LogP contribution in [0.15, 0.2) is 12.1 Å². The average Bonchev–Trinajstić information content (AvgIpc) is 3.08. The Hall–Kier alpha value is -1.12. The second-order valence-corrected chi connectivity index (χ2v) is 6.85. The average molecular weight is 308 g/mol. The van der Waals surface area contributed by atoms with E-state index < -0.39 is 11.6 Å². The molecule has 0 bridgehead atoms. The predicted octanol–water partition coefficient (Wildman–Crippen LogP) is 5.68. The zero-order chi connectivity index (χ0) is 15.7. The molecule has 0 spiro atoms. The number of rotatable bonds is 5. The molecular weight excluding hydrogens is 282 g/mol. The molecule has 22 heavy (non-hydrogen) atoms. The van der Waals surface area contributed by atoms with Crippen LogP contribution < -0.4 is 4.74 Å². The van der Waals surface area contributed by atoms with Crippen molar-refractivity contribution < 1.29 is 13.5 Å². The molecule has 0 radical (unpaired) electrons. The van der Waals surface area contributed by atoms with E-state index in [1.807, 2.05) is 0 Å². The minimum Gasteiger partial charge on any atom is -0.491 e. The van der Waals surface area contributed by atoms with Gasteiger partial charge in [0.2, 0.25) is 5.82 Å². The number of hydrogen-bond acceptors (Lipinski definition) is 1. The van der Waals surface area contributed by atoms with Crippen molar-refractivity contribution >= 4 is 0 Å². The van der Waals surface area contributed by atoms with Gasteiger partial charge in [-0.3, -0.25) is 0 Å². The SMILES string of the molecule is CCC[C@H]1CC[C@@H]2[C@H]1CC[C@H]2c1ccc(OCC)c(F)c1F. The molecule has 3 heteroatoms. The molecule has 0 heterocycles. The van der Waals surface area contributed by atoms with Gasteiger partial charge >= 0.3 is 0 Å². The number of benzene rings is 1. The lowest BCUT2D eigenvalue weighted by atomic mass is 9.84. The lowest BCUT2D eigenvalue weighted by Crippen LogP contribution is -2.13. The third-order valence-corrected chi connectivity index (χ3v) is 5.79. The maximum Gasteiger partial charge on any atom is 0.200 e. The second kappa shape index (κ2) is 6.55. The predicted molar refractivity (Wildman–Crippen MR) is 84.1 cm³/mol. The summed E-state index contributed by atoms with van der Waals surface area (Å²) in [7, 11) is 0. The number of hydrogen-bond donors (Lipinski definition) is 0. The summed E-state index contributed by atoms with van der Waals surface area (Å²) >= 11 is 0. The fourth-order valence-corrected chi connectivity index (χ4v) is 4.94. The van der Waals surface area contributed by atoms with E-state index >= 15 is 0 Å². The van der Waals surface area contributed by atoms with E-state index in [9.17, 15) is 8.78 Å². The first-order chi connectivity index (χ1) is 10.7. The Morgan fingerprint density at radius 3 is 2.50 bits per heavy atom. The van der Waals surface area contributed by atoms with E-state index in [4.69, 9.17) is 4.74 Å².